The van der Waals surface area contributed by atoms with Gasteiger partial charge in [-0.2, -0.15) is 8.42 Å². The summed E-state index contributed by atoms with van der Waals surface area (Å²) in [7, 11) is -3.81. The number of nitrogens with zero attached hydrogens (tertiary/aromatic N) is 1. The van der Waals surface area contributed by atoms with Gasteiger partial charge in [-0.15, -0.1) is 0 Å². The first-order valence-electron chi connectivity index (χ1n) is 6.33. The van der Waals surface area contributed by atoms with Crippen LogP contribution >= 0.6 is 0 Å². The molecule has 0 aliphatic heterocycles. The maximum Gasteiger partial charge on any atom is 0.264 e. The Bertz CT molecular complexity index is 653. The van der Waals surface area contributed by atoms with Crippen molar-refractivity contribution in [3.8, 4) is 0 Å². The van der Waals surface area contributed by atoms with Gasteiger partial charge in [-0.05, 0) is 37.0 Å². The molecular formula is C14H17NO3S. The molecule has 0 unspecified atom stereocenters. The van der Waals surface area contributed by atoms with Crippen LogP contribution in [0.4, 0.5) is 0 Å². The van der Waals surface area contributed by atoms with Crippen LogP contribution in [0.2, 0.25) is 0 Å². The molecule has 4 nitrogen and oxygen atoms in total. The molecule has 0 aliphatic carbocycles. The summed E-state index contributed by atoms with van der Waals surface area (Å²) in [5.74, 6) is -0.150. The number of aryl methyl sites for hydroxylation is 1. The summed E-state index contributed by atoms with van der Waals surface area (Å²) in [6.07, 6.45) is 4.93. The number of benzene rings is 1. The average Bonchev–Trinajstić information content (AvgIpc) is 2.37. The molecule has 1 aromatic heterocycles. The zero-order valence-corrected chi connectivity index (χ0v) is 11.4. The highest BCUT2D eigenvalue weighted by atomic mass is 32.2. The molecule has 1 heterocycles. The summed E-state index contributed by atoms with van der Waals surface area (Å²) in [4.78, 5) is 4.38. The van der Waals surface area contributed by atoms with Crippen LogP contribution in [0.1, 0.15) is 24.8 Å². The topological polar surface area (TPSA) is 67.3 Å². The van der Waals surface area contributed by atoms with Gasteiger partial charge in [0.15, 0.2) is 0 Å². The highest BCUT2D eigenvalue weighted by Crippen LogP contribution is 2.14. The lowest BCUT2D eigenvalue weighted by atomic mass is 10.1. The third-order valence-corrected chi connectivity index (χ3v) is 3.82. The molecule has 0 amide bonds. The minimum absolute atomic E-state index is 0.150. The highest BCUT2D eigenvalue weighted by Gasteiger charge is 2.03. The fourth-order valence-corrected chi connectivity index (χ4v) is 2.61. The Morgan fingerprint density at radius 2 is 1.89 bits per heavy atom. The zero-order chi connectivity index (χ0) is 13.7. The first-order valence-corrected chi connectivity index (χ1v) is 7.94. The molecule has 1 aromatic carbocycles. The molecule has 102 valence electrons. The summed E-state index contributed by atoms with van der Waals surface area (Å²) < 4.78 is 29.7. The molecule has 0 aliphatic rings. The second kappa shape index (κ2) is 6.12. The van der Waals surface area contributed by atoms with E-state index in [0.717, 1.165) is 35.7 Å². The normalized spacial score (nSPS) is 11.8. The fraction of sp³-hybridized carbons (Fsp3) is 0.357. The molecule has 0 radical (unpaired) electrons. The van der Waals surface area contributed by atoms with Crippen molar-refractivity contribution < 1.29 is 13.0 Å². The van der Waals surface area contributed by atoms with Gasteiger partial charge >= 0.3 is 0 Å². The van der Waals surface area contributed by atoms with E-state index < -0.39 is 10.1 Å². The number of fused-ring (bicyclic) bond motifs is 1. The van der Waals surface area contributed by atoms with Crippen LogP contribution in [0.5, 0.6) is 0 Å². The quantitative estimate of drug-likeness (QED) is 0.652. The number of aromatic nitrogens is 1. The predicted octanol–water partition coefficient (Wildman–Crippen LogP) is 2.84. The van der Waals surface area contributed by atoms with Gasteiger partial charge in [-0.1, -0.05) is 24.6 Å². The third-order valence-electron chi connectivity index (χ3n) is 3.01. The van der Waals surface area contributed by atoms with Crippen LogP contribution in [0, 0.1) is 0 Å². The molecule has 0 spiro atoms. The smallest absolute Gasteiger partial charge is 0.264 e. The van der Waals surface area contributed by atoms with E-state index in [-0.39, 0.29) is 5.75 Å². The van der Waals surface area contributed by atoms with Gasteiger partial charge in [0.25, 0.3) is 10.1 Å². The average molecular weight is 279 g/mol. The van der Waals surface area contributed by atoms with E-state index in [0.29, 0.717) is 6.42 Å². The largest absolute Gasteiger partial charge is 0.286 e. The second-order valence-electron chi connectivity index (χ2n) is 4.63. The van der Waals surface area contributed by atoms with Gasteiger partial charge in [-0.3, -0.25) is 9.54 Å². The SMILES string of the molecule is O=S(=O)(O)CCCCCc1cnc2ccccc2c1. The van der Waals surface area contributed by atoms with Crippen molar-refractivity contribution in [1.82, 2.24) is 4.98 Å². The molecule has 19 heavy (non-hydrogen) atoms. The van der Waals surface area contributed by atoms with Crippen molar-refractivity contribution in [2.75, 3.05) is 5.75 Å². The van der Waals surface area contributed by atoms with Crippen molar-refractivity contribution in [1.29, 1.82) is 0 Å². The Hall–Kier alpha value is -1.46. The molecule has 0 saturated carbocycles. The molecule has 2 aromatic rings. The Morgan fingerprint density at radius 3 is 2.68 bits per heavy atom. The van der Waals surface area contributed by atoms with Gasteiger partial charge in [0.2, 0.25) is 0 Å². The van der Waals surface area contributed by atoms with E-state index in [2.05, 4.69) is 11.1 Å². The summed E-state index contributed by atoms with van der Waals surface area (Å²) in [5, 5.41) is 1.12. The Morgan fingerprint density at radius 1 is 1.11 bits per heavy atom. The number of hydrogen-bond acceptors (Lipinski definition) is 3. The van der Waals surface area contributed by atoms with Gasteiger partial charge in [0.05, 0.1) is 11.3 Å². The van der Waals surface area contributed by atoms with E-state index >= 15 is 0 Å². The Kier molecular flexibility index (Phi) is 4.50. The number of rotatable bonds is 6. The van der Waals surface area contributed by atoms with E-state index in [1.165, 1.54) is 0 Å². The maximum absolute atomic E-state index is 10.6. The molecule has 0 atom stereocenters. The number of pyridine rings is 1. The van der Waals surface area contributed by atoms with Crippen molar-refractivity contribution in [3.05, 3.63) is 42.1 Å². The zero-order valence-electron chi connectivity index (χ0n) is 10.6. The lowest BCUT2D eigenvalue weighted by molar-refractivity contribution is 0.479. The van der Waals surface area contributed by atoms with E-state index in [9.17, 15) is 8.42 Å². The summed E-state index contributed by atoms with van der Waals surface area (Å²) >= 11 is 0. The molecule has 1 N–H and O–H groups in total. The lowest BCUT2D eigenvalue weighted by Gasteiger charge is -2.03. The molecule has 0 fully saturated rings. The third kappa shape index (κ3) is 4.61. The summed E-state index contributed by atoms with van der Waals surface area (Å²) in [5.41, 5.74) is 2.14. The van der Waals surface area contributed by atoms with Crippen LogP contribution in [-0.4, -0.2) is 23.7 Å². The van der Waals surface area contributed by atoms with Gasteiger partial charge in [0, 0.05) is 11.6 Å². The Balaban J connectivity index is 1.85. The minimum Gasteiger partial charge on any atom is -0.286 e. The van der Waals surface area contributed by atoms with Crippen LogP contribution in [0.3, 0.4) is 0 Å². The lowest BCUT2D eigenvalue weighted by Crippen LogP contribution is -2.03. The van der Waals surface area contributed by atoms with Crippen LogP contribution < -0.4 is 0 Å². The maximum atomic E-state index is 10.6. The second-order valence-corrected chi connectivity index (χ2v) is 6.21. The van der Waals surface area contributed by atoms with Gasteiger partial charge < -0.3 is 0 Å². The van der Waals surface area contributed by atoms with Gasteiger partial charge in [0.1, 0.15) is 0 Å². The molecule has 0 bridgehead atoms. The van der Waals surface area contributed by atoms with E-state index in [1.54, 1.807) is 0 Å². The van der Waals surface area contributed by atoms with E-state index in [4.69, 9.17) is 4.55 Å². The van der Waals surface area contributed by atoms with Crippen LogP contribution in [0.25, 0.3) is 10.9 Å². The number of hydrogen-bond donors (Lipinski definition) is 1. The summed E-state index contributed by atoms with van der Waals surface area (Å²) in [6, 6.07) is 10.1. The molecule has 2 rings (SSSR count). The van der Waals surface area contributed by atoms with Gasteiger partial charge in [-0.25, -0.2) is 0 Å². The van der Waals surface area contributed by atoms with Crippen molar-refractivity contribution in [3.63, 3.8) is 0 Å². The highest BCUT2D eigenvalue weighted by molar-refractivity contribution is 7.85. The van der Waals surface area contributed by atoms with Crippen molar-refractivity contribution in [2.45, 2.75) is 25.7 Å². The van der Waals surface area contributed by atoms with Crippen molar-refractivity contribution in [2.24, 2.45) is 0 Å². The standard InChI is InChI=1S/C14H17NO3S/c16-19(17,18)9-5-1-2-6-12-10-13-7-3-4-8-14(13)15-11-12/h3-4,7-8,10-11H,1-2,5-6,9H2,(H,16,17,18). The van der Waals surface area contributed by atoms with Crippen LogP contribution in [-0.2, 0) is 16.5 Å². The number of unbranched alkanes of at least 4 members (excludes halogenated alkanes) is 2. The number of para-hydroxylation sites is 1. The molecule has 5 heteroatoms. The summed E-state index contributed by atoms with van der Waals surface area (Å²) in [6.45, 7) is 0. The van der Waals surface area contributed by atoms with Crippen LogP contribution in [0.15, 0.2) is 36.5 Å². The molecule has 0 saturated heterocycles. The monoisotopic (exact) mass is 279 g/mol. The predicted molar refractivity (Wildman–Crippen MR) is 75.7 cm³/mol. The Labute approximate surface area is 113 Å². The fourth-order valence-electron chi connectivity index (χ4n) is 2.04. The van der Waals surface area contributed by atoms with Crippen molar-refractivity contribution >= 4 is 21.0 Å². The molecular weight excluding hydrogens is 262 g/mol. The minimum atomic E-state index is -3.81. The van der Waals surface area contributed by atoms with E-state index in [1.807, 2.05) is 30.5 Å². The first-order chi connectivity index (χ1) is 9.04. The first kappa shape index (κ1) is 14.0.